The van der Waals surface area contributed by atoms with Gasteiger partial charge >= 0.3 is 0 Å². The summed E-state index contributed by atoms with van der Waals surface area (Å²) in [5.74, 6) is 0.484. The number of nitrogens with zero attached hydrogens (tertiary/aromatic N) is 5. The average Bonchev–Trinajstić information content (AvgIpc) is 3.28. The van der Waals surface area contributed by atoms with Crippen LogP contribution in [0.4, 0.5) is 0 Å². The third-order valence-electron chi connectivity index (χ3n) is 4.31. The molecule has 4 rings (SSSR count). The van der Waals surface area contributed by atoms with Crippen molar-refractivity contribution in [3.63, 3.8) is 0 Å². The number of hydrogen-bond donors (Lipinski definition) is 0. The number of morpholine rings is 1. The second-order valence-electron chi connectivity index (χ2n) is 6.06. The summed E-state index contributed by atoms with van der Waals surface area (Å²) in [4.78, 5) is 18.1. The van der Waals surface area contributed by atoms with Crippen molar-refractivity contribution in [2.45, 2.75) is 5.03 Å². The molecule has 1 fully saturated rings. The van der Waals surface area contributed by atoms with Crippen molar-refractivity contribution < 1.29 is 9.53 Å². The van der Waals surface area contributed by atoms with Gasteiger partial charge in [0.15, 0.2) is 0 Å². The second-order valence-corrected chi connectivity index (χ2v) is 7.05. The zero-order valence-corrected chi connectivity index (χ0v) is 15.5. The van der Waals surface area contributed by atoms with Crippen LogP contribution in [0.5, 0.6) is 0 Å². The van der Waals surface area contributed by atoms with Gasteiger partial charge in [0.2, 0.25) is 5.91 Å². The summed E-state index contributed by atoms with van der Waals surface area (Å²) in [5, 5.41) is 9.29. The number of amides is 1. The summed E-state index contributed by atoms with van der Waals surface area (Å²) in [6.07, 6.45) is 5.41. The lowest BCUT2D eigenvalue weighted by Gasteiger charge is -2.26. The number of ether oxygens (including phenoxy) is 1. The van der Waals surface area contributed by atoms with Crippen LogP contribution in [0, 0.1) is 0 Å². The maximum atomic E-state index is 12.2. The van der Waals surface area contributed by atoms with Gasteiger partial charge < -0.3 is 14.2 Å². The number of benzene rings is 1. The summed E-state index contributed by atoms with van der Waals surface area (Å²) >= 11 is 1.41. The molecule has 27 heavy (non-hydrogen) atoms. The number of carbonyl (C=O) groups is 1. The molecule has 3 aromatic rings. The molecule has 8 heteroatoms. The summed E-state index contributed by atoms with van der Waals surface area (Å²) in [6.45, 7) is 2.56. The van der Waals surface area contributed by atoms with Crippen LogP contribution < -0.4 is 0 Å². The minimum Gasteiger partial charge on any atom is -0.378 e. The number of rotatable bonds is 5. The van der Waals surface area contributed by atoms with E-state index in [4.69, 9.17) is 4.74 Å². The molecule has 0 aliphatic carbocycles. The van der Waals surface area contributed by atoms with E-state index in [1.807, 2.05) is 52.1 Å². The Morgan fingerprint density at radius 3 is 2.56 bits per heavy atom. The van der Waals surface area contributed by atoms with Gasteiger partial charge in [0, 0.05) is 36.7 Å². The van der Waals surface area contributed by atoms with E-state index in [0.717, 1.165) is 22.0 Å². The maximum absolute atomic E-state index is 12.2. The fraction of sp³-hybridized carbons (Fsp3) is 0.263. The largest absolute Gasteiger partial charge is 0.378 e. The van der Waals surface area contributed by atoms with Crippen molar-refractivity contribution >= 4 is 17.7 Å². The zero-order valence-electron chi connectivity index (χ0n) is 14.7. The Morgan fingerprint density at radius 2 is 1.89 bits per heavy atom. The van der Waals surface area contributed by atoms with Crippen molar-refractivity contribution in [1.82, 2.24) is 24.6 Å². The molecule has 0 N–H and O–H groups in total. The second kappa shape index (κ2) is 8.32. The van der Waals surface area contributed by atoms with Gasteiger partial charge in [-0.05, 0) is 24.3 Å². The number of thioether (sulfide) groups is 1. The smallest absolute Gasteiger partial charge is 0.233 e. The minimum atomic E-state index is 0.115. The van der Waals surface area contributed by atoms with Crippen molar-refractivity contribution in [1.29, 1.82) is 0 Å². The van der Waals surface area contributed by atoms with Crippen LogP contribution in [0.25, 0.3) is 16.9 Å². The van der Waals surface area contributed by atoms with Gasteiger partial charge in [0.1, 0.15) is 5.03 Å². The van der Waals surface area contributed by atoms with E-state index in [9.17, 15) is 4.79 Å². The number of carbonyl (C=O) groups excluding carboxylic acids is 1. The predicted octanol–water partition coefficient (Wildman–Crippen LogP) is 2.28. The Kier molecular flexibility index (Phi) is 5.45. The molecule has 0 bridgehead atoms. The van der Waals surface area contributed by atoms with Gasteiger partial charge in [-0.1, -0.05) is 23.9 Å². The highest BCUT2D eigenvalue weighted by Crippen LogP contribution is 2.21. The van der Waals surface area contributed by atoms with Crippen LogP contribution in [0.15, 0.2) is 60.1 Å². The highest BCUT2D eigenvalue weighted by molar-refractivity contribution is 7.99. The van der Waals surface area contributed by atoms with Crippen LogP contribution in [0.1, 0.15) is 0 Å². The average molecular weight is 381 g/mol. The van der Waals surface area contributed by atoms with Gasteiger partial charge in [0.05, 0.1) is 31.0 Å². The lowest BCUT2D eigenvalue weighted by Crippen LogP contribution is -2.41. The van der Waals surface area contributed by atoms with E-state index in [0.29, 0.717) is 32.1 Å². The van der Waals surface area contributed by atoms with Crippen LogP contribution in [0.3, 0.4) is 0 Å². The zero-order chi connectivity index (χ0) is 18.5. The first-order valence-corrected chi connectivity index (χ1v) is 9.69. The van der Waals surface area contributed by atoms with Gasteiger partial charge in [-0.25, -0.2) is 4.98 Å². The lowest BCUT2D eigenvalue weighted by atomic mass is 10.1. The maximum Gasteiger partial charge on any atom is 0.233 e. The lowest BCUT2D eigenvalue weighted by molar-refractivity contribution is -0.132. The van der Waals surface area contributed by atoms with Crippen molar-refractivity contribution in [3.8, 4) is 16.9 Å². The first-order chi connectivity index (χ1) is 13.3. The van der Waals surface area contributed by atoms with E-state index in [1.54, 1.807) is 12.5 Å². The molecule has 138 valence electrons. The summed E-state index contributed by atoms with van der Waals surface area (Å²) < 4.78 is 7.21. The molecule has 1 amide bonds. The number of aromatic nitrogens is 4. The summed E-state index contributed by atoms with van der Waals surface area (Å²) in [6, 6.07) is 11.9. The molecule has 7 nitrogen and oxygen atoms in total. The van der Waals surface area contributed by atoms with E-state index >= 15 is 0 Å². The molecule has 1 aliphatic heterocycles. The molecule has 0 saturated carbocycles. The fourth-order valence-corrected chi connectivity index (χ4v) is 3.52. The molecule has 0 atom stereocenters. The topological polar surface area (TPSA) is 73.1 Å². The Balaban J connectivity index is 1.36. The van der Waals surface area contributed by atoms with Gasteiger partial charge in [-0.3, -0.25) is 4.79 Å². The normalized spacial score (nSPS) is 14.3. The number of hydrogen-bond acceptors (Lipinski definition) is 6. The van der Waals surface area contributed by atoms with Crippen LogP contribution >= 0.6 is 11.8 Å². The van der Waals surface area contributed by atoms with E-state index in [1.165, 1.54) is 11.8 Å². The first kappa shape index (κ1) is 17.7. The quantitative estimate of drug-likeness (QED) is 0.632. The molecule has 1 aliphatic rings. The molecule has 3 heterocycles. The van der Waals surface area contributed by atoms with Gasteiger partial charge in [0.25, 0.3) is 0 Å². The third-order valence-corrected chi connectivity index (χ3v) is 5.22. The molecule has 1 saturated heterocycles. The SMILES string of the molecule is O=C(CSc1ccc(-c2ccc(-n3ccnc3)cc2)nn1)N1CCOCC1. The molecule has 0 radical (unpaired) electrons. The van der Waals surface area contributed by atoms with Crippen LogP contribution in [-0.2, 0) is 9.53 Å². The molecule has 0 spiro atoms. The van der Waals surface area contributed by atoms with Crippen molar-refractivity contribution in [2.24, 2.45) is 0 Å². The molecule has 1 aromatic carbocycles. The standard InChI is InChI=1S/C19H19N5O2S/c25-19(23-9-11-26-12-10-23)13-27-18-6-5-17(21-22-18)15-1-3-16(4-2-15)24-8-7-20-14-24/h1-8,14H,9-13H2. The summed E-state index contributed by atoms with van der Waals surface area (Å²) in [5.41, 5.74) is 2.83. The van der Waals surface area contributed by atoms with E-state index < -0.39 is 0 Å². The third kappa shape index (κ3) is 4.35. The molecule has 2 aromatic heterocycles. The predicted molar refractivity (Wildman–Crippen MR) is 103 cm³/mol. The van der Waals surface area contributed by atoms with E-state index in [-0.39, 0.29) is 5.91 Å². The van der Waals surface area contributed by atoms with Crippen molar-refractivity contribution in [3.05, 3.63) is 55.1 Å². The Morgan fingerprint density at radius 1 is 1.07 bits per heavy atom. The highest BCUT2D eigenvalue weighted by Gasteiger charge is 2.17. The number of imidazole rings is 1. The highest BCUT2D eigenvalue weighted by atomic mass is 32.2. The Bertz CT molecular complexity index is 875. The fourth-order valence-electron chi connectivity index (χ4n) is 2.81. The Hall–Kier alpha value is -2.71. The molecular weight excluding hydrogens is 362 g/mol. The van der Waals surface area contributed by atoms with Gasteiger partial charge in [-0.2, -0.15) is 0 Å². The van der Waals surface area contributed by atoms with E-state index in [2.05, 4.69) is 15.2 Å². The van der Waals surface area contributed by atoms with Crippen LogP contribution in [-0.4, -0.2) is 62.6 Å². The van der Waals surface area contributed by atoms with Gasteiger partial charge in [-0.15, -0.1) is 10.2 Å². The minimum absolute atomic E-state index is 0.115. The monoisotopic (exact) mass is 381 g/mol. The summed E-state index contributed by atoms with van der Waals surface area (Å²) in [7, 11) is 0. The van der Waals surface area contributed by atoms with Crippen molar-refractivity contribution in [2.75, 3.05) is 32.1 Å². The first-order valence-electron chi connectivity index (χ1n) is 8.70. The Labute approximate surface area is 161 Å². The van der Waals surface area contributed by atoms with Crippen LogP contribution in [0.2, 0.25) is 0 Å². The molecular formula is C19H19N5O2S. The molecule has 0 unspecified atom stereocenters.